The molecule has 0 aromatic carbocycles. The minimum absolute atomic E-state index is 0.0350. The lowest BCUT2D eigenvalue weighted by Crippen LogP contribution is -2.11. The summed E-state index contributed by atoms with van der Waals surface area (Å²) in [5, 5.41) is 23.9. The van der Waals surface area contributed by atoms with Gasteiger partial charge in [0.2, 0.25) is 0 Å². The Bertz CT molecular complexity index is 656. The standard InChI is InChI=1S/C13H12ClN3O2S/c1-7(15)10-11(14)9(13(18)19)5-17-12(10)16-4-8-2-3-20-6-8/h2-3,5-6,15H,4H2,1H3,(H,16,17)(H,18,19). The molecule has 104 valence electrons. The van der Waals surface area contributed by atoms with Crippen LogP contribution < -0.4 is 5.32 Å². The molecule has 3 N–H and O–H groups in total. The number of nitrogens with one attached hydrogen (secondary N) is 2. The summed E-state index contributed by atoms with van der Waals surface area (Å²) in [7, 11) is 0. The second-order valence-corrected chi connectivity index (χ2v) is 5.28. The highest BCUT2D eigenvalue weighted by Crippen LogP contribution is 2.27. The first-order valence-corrected chi connectivity index (χ1v) is 7.05. The normalized spacial score (nSPS) is 10.3. The summed E-state index contributed by atoms with van der Waals surface area (Å²) in [5.74, 6) is -0.743. The minimum atomic E-state index is -1.16. The van der Waals surface area contributed by atoms with Crippen molar-refractivity contribution >= 4 is 40.4 Å². The third kappa shape index (κ3) is 2.97. The molecule has 5 nitrogen and oxygen atoms in total. The third-order valence-corrected chi connectivity index (χ3v) is 3.79. The van der Waals surface area contributed by atoms with E-state index in [4.69, 9.17) is 22.1 Å². The van der Waals surface area contributed by atoms with E-state index < -0.39 is 5.97 Å². The maximum atomic E-state index is 11.0. The van der Waals surface area contributed by atoms with E-state index >= 15 is 0 Å². The molecular formula is C13H12ClN3O2S. The van der Waals surface area contributed by atoms with E-state index in [2.05, 4.69) is 10.3 Å². The van der Waals surface area contributed by atoms with E-state index in [1.165, 1.54) is 6.20 Å². The molecule has 0 aliphatic carbocycles. The second kappa shape index (κ2) is 6.02. The molecule has 0 bridgehead atoms. The molecule has 0 spiro atoms. The van der Waals surface area contributed by atoms with Crippen molar-refractivity contribution in [1.29, 1.82) is 5.41 Å². The number of pyridine rings is 1. The van der Waals surface area contributed by atoms with Crippen LogP contribution in [0.5, 0.6) is 0 Å². The number of hydrogen-bond donors (Lipinski definition) is 3. The molecule has 20 heavy (non-hydrogen) atoms. The lowest BCUT2D eigenvalue weighted by molar-refractivity contribution is 0.0696. The van der Waals surface area contributed by atoms with Crippen molar-refractivity contribution in [3.63, 3.8) is 0 Å². The van der Waals surface area contributed by atoms with Crippen LogP contribution in [0.2, 0.25) is 5.02 Å². The van der Waals surface area contributed by atoms with Crippen molar-refractivity contribution in [2.45, 2.75) is 13.5 Å². The number of anilines is 1. The Hall–Kier alpha value is -1.92. The van der Waals surface area contributed by atoms with Gasteiger partial charge in [-0.15, -0.1) is 0 Å². The van der Waals surface area contributed by atoms with Crippen LogP contribution in [0.3, 0.4) is 0 Å². The van der Waals surface area contributed by atoms with Gasteiger partial charge in [-0.1, -0.05) is 11.6 Å². The highest BCUT2D eigenvalue weighted by Gasteiger charge is 2.18. The van der Waals surface area contributed by atoms with Crippen molar-refractivity contribution < 1.29 is 9.90 Å². The summed E-state index contributed by atoms with van der Waals surface area (Å²) in [4.78, 5) is 15.1. The number of nitrogens with zero attached hydrogens (tertiary/aromatic N) is 1. The molecule has 2 aromatic heterocycles. The van der Waals surface area contributed by atoms with Gasteiger partial charge in [-0.25, -0.2) is 9.78 Å². The summed E-state index contributed by atoms with van der Waals surface area (Å²) < 4.78 is 0. The number of carboxylic acids is 1. The molecule has 0 unspecified atom stereocenters. The number of halogens is 1. The van der Waals surface area contributed by atoms with E-state index in [1.54, 1.807) is 18.3 Å². The van der Waals surface area contributed by atoms with E-state index in [9.17, 15) is 4.79 Å². The van der Waals surface area contributed by atoms with Crippen LogP contribution in [0.4, 0.5) is 5.82 Å². The molecule has 0 atom stereocenters. The maximum Gasteiger partial charge on any atom is 0.338 e. The Kier molecular flexibility index (Phi) is 4.36. The molecule has 0 radical (unpaired) electrons. The van der Waals surface area contributed by atoms with Crippen LogP contribution in [0.15, 0.2) is 23.0 Å². The van der Waals surface area contributed by atoms with Crippen LogP contribution in [0.25, 0.3) is 0 Å². The highest BCUT2D eigenvalue weighted by atomic mass is 35.5. The minimum Gasteiger partial charge on any atom is -0.478 e. The predicted molar refractivity (Wildman–Crippen MR) is 80.4 cm³/mol. The first-order valence-electron chi connectivity index (χ1n) is 5.73. The van der Waals surface area contributed by atoms with Crippen molar-refractivity contribution in [1.82, 2.24) is 4.98 Å². The average Bonchev–Trinajstić information content (AvgIpc) is 2.88. The van der Waals surface area contributed by atoms with E-state index in [-0.39, 0.29) is 16.3 Å². The SMILES string of the molecule is CC(=N)c1c(NCc2ccsc2)ncc(C(=O)O)c1Cl. The van der Waals surface area contributed by atoms with Gasteiger partial charge in [0.05, 0.1) is 16.1 Å². The topological polar surface area (TPSA) is 86.1 Å². The van der Waals surface area contributed by atoms with Gasteiger partial charge in [-0.3, -0.25) is 0 Å². The first kappa shape index (κ1) is 14.5. The summed E-state index contributed by atoms with van der Waals surface area (Å²) >= 11 is 7.65. The van der Waals surface area contributed by atoms with Crippen LogP contribution in [0.1, 0.15) is 28.4 Å². The summed E-state index contributed by atoms with van der Waals surface area (Å²) in [5.41, 5.74) is 1.47. The number of aromatic carboxylic acids is 1. The van der Waals surface area contributed by atoms with Gasteiger partial charge in [0.1, 0.15) is 5.82 Å². The summed E-state index contributed by atoms with van der Waals surface area (Å²) in [6.45, 7) is 2.09. The second-order valence-electron chi connectivity index (χ2n) is 4.12. The average molecular weight is 310 g/mol. The molecule has 2 rings (SSSR count). The van der Waals surface area contributed by atoms with E-state index in [0.29, 0.717) is 17.9 Å². The molecule has 0 aliphatic rings. The van der Waals surface area contributed by atoms with Crippen LogP contribution in [-0.2, 0) is 6.54 Å². The summed E-state index contributed by atoms with van der Waals surface area (Å²) in [6, 6.07) is 1.97. The van der Waals surface area contributed by atoms with Crippen molar-refractivity contribution in [2.24, 2.45) is 0 Å². The molecule has 7 heteroatoms. The number of thiophene rings is 1. The van der Waals surface area contributed by atoms with Gasteiger partial charge < -0.3 is 15.8 Å². The zero-order chi connectivity index (χ0) is 14.7. The zero-order valence-corrected chi connectivity index (χ0v) is 12.2. The van der Waals surface area contributed by atoms with Crippen molar-refractivity contribution in [2.75, 3.05) is 5.32 Å². The fourth-order valence-electron chi connectivity index (χ4n) is 1.69. The van der Waals surface area contributed by atoms with Gasteiger partial charge in [0.25, 0.3) is 0 Å². The predicted octanol–water partition coefficient (Wildman–Crippen LogP) is 3.49. The lowest BCUT2D eigenvalue weighted by Gasteiger charge is -2.12. The molecule has 0 fully saturated rings. The maximum absolute atomic E-state index is 11.0. The quantitative estimate of drug-likeness (QED) is 0.738. The van der Waals surface area contributed by atoms with E-state index in [0.717, 1.165) is 5.56 Å². The molecular weight excluding hydrogens is 298 g/mol. The molecule has 0 aliphatic heterocycles. The number of rotatable bonds is 5. The smallest absolute Gasteiger partial charge is 0.338 e. The van der Waals surface area contributed by atoms with Crippen molar-refractivity contribution in [3.8, 4) is 0 Å². The number of carboxylic acid groups (broad SMARTS) is 1. The lowest BCUT2D eigenvalue weighted by atomic mass is 10.1. The molecule has 2 aromatic rings. The Balaban J connectivity index is 2.35. The zero-order valence-electron chi connectivity index (χ0n) is 10.6. The first-order chi connectivity index (χ1) is 9.50. The fraction of sp³-hybridized carbons (Fsp3) is 0.154. The Morgan fingerprint density at radius 2 is 2.35 bits per heavy atom. The number of aromatic nitrogens is 1. The van der Waals surface area contributed by atoms with Crippen LogP contribution >= 0.6 is 22.9 Å². The molecule has 0 saturated heterocycles. The fourth-order valence-corrected chi connectivity index (χ4v) is 2.72. The molecule has 0 amide bonds. The number of carbonyl (C=O) groups is 1. The van der Waals surface area contributed by atoms with Gasteiger partial charge in [-0.05, 0) is 29.3 Å². The molecule has 2 heterocycles. The Morgan fingerprint density at radius 1 is 1.60 bits per heavy atom. The van der Waals surface area contributed by atoms with Gasteiger partial charge in [0.15, 0.2) is 0 Å². The van der Waals surface area contributed by atoms with Crippen molar-refractivity contribution in [3.05, 3.63) is 44.7 Å². The highest BCUT2D eigenvalue weighted by molar-refractivity contribution is 7.07. The van der Waals surface area contributed by atoms with Gasteiger partial charge >= 0.3 is 5.97 Å². The molecule has 0 saturated carbocycles. The third-order valence-electron chi connectivity index (χ3n) is 2.66. The van der Waals surface area contributed by atoms with Crippen LogP contribution in [0, 0.1) is 5.41 Å². The monoisotopic (exact) mass is 309 g/mol. The Morgan fingerprint density at radius 3 is 2.90 bits per heavy atom. The van der Waals surface area contributed by atoms with Crippen LogP contribution in [-0.4, -0.2) is 21.8 Å². The Labute approximate surface area is 124 Å². The van der Waals surface area contributed by atoms with Gasteiger partial charge in [-0.2, -0.15) is 11.3 Å². The summed E-state index contributed by atoms with van der Waals surface area (Å²) in [6.07, 6.45) is 1.20. The van der Waals surface area contributed by atoms with Gasteiger partial charge in [0, 0.05) is 18.5 Å². The number of hydrogen-bond acceptors (Lipinski definition) is 5. The largest absolute Gasteiger partial charge is 0.478 e. The van der Waals surface area contributed by atoms with E-state index in [1.807, 2.05) is 16.8 Å².